The van der Waals surface area contributed by atoms with Crippen molar-refractivity contribution in [2.24, 2.45) is 0 Å². The molecule has 30 heavy (non-hydrogen) atoms. The van der Waals surface area contributed by atoms with Crippen LogP contribution in [0.4, 0.5) is 0 Å². The summed E-state index contributed by atoms with van der Waals surface area (Å²) in [6.45, 7) is 0. The average Bonchev–Trinajstić information content (AvgIpc) is 3.23. The number of halogens is 1. The summed E-state index contributed by atoms with van der Waals surface area (Å²) in [4.78, 5) is 16.8. The van der Waals surface area contributed by atoms with Crippen molar-refractivity contribution < 1.29 is 23.6 Å². The van der Waals surface area contributed by atoms with Crippen LogP contribution in [-0.4, -0.2) is 25.3 Å². The summed E-state index contributed by atoms with van der Waals surface area (Å²) in [7, 11) is 3.15. The van der Waals surface area contributed by atoms with Crippen molar-refractivity contribution in [3.63, 3.8) is 0 Å². The van der Waals surface area contributed by atoms with Gasteiger partial charge in [-0.1, -0.05) is 40.9 Å². The van der Waals surface area contributed by atoms with Crippen LogP contribution in [0, 0.1) is 12.0 Å². The molecule has 1 heterocycles. The van der Waals surface area contributed by atoms with Crippen LogP contribution in [0.25, 0.3) is 11.1 Å². The molecule has 0 saturated carbocycles. The summed E-state index contributed by atoms with van der Waals surface area (Å²) in [5, 5.41) is 4.60. The van der Waals surface area contributed by atoms with Crippen LogP contribution >= 0.6 is 11.6 Å². The number of hydrogen-bond donors (Lipinski definition) is 1. The molecular weight excluding hydrogens is 408 g/mol. The number of hydroxylamine groups is 1. The monoisotopic (exact) mass is 426 g/mol. The van der Waals surface area contributed by atoms with Gasteiger partial charge in [-0.25, -0.2) is 0 Å². The third-order valence-electron chi connectivity index (χ3n) is 4.16. The lowest BCUT2D eigenvalue weighted by Crippen LogP contribution is -2.23. The molecule has 0 aliphatic heterocycles. The number of carbonyl (C=O) groups excluding carboxylic acids is 1. The maximum absolute atomic E-state index is 11.9. The number of methoxy groups -OCH3 is 2. The average molecular weight is 427 g/mol. The van der Waals surface area contributed by atoms with Crippen molar-refractivity contribution in [3.05, 3.63) is 65.0 Å². The van der Waals surface area contributed by atoms with Crippen molar-refractivity contribution in [3.8, 4) is 34.7 Å². The Kier molecular flexibility index (Phi) is 7.19. The Morgan fingerprint density at radius 3 is 2.63 bits per heavy atom. The number of aromatic nitrogens is 1. The Morgan fingerprint density at radius 2 is 1.90 bits per heavy atom. The molecule has 0 spiro atoms. The maximum atomic E-state index is 11.9. The van der Waals surface area contributed by atoms with Gasteiger partial charge in [0.15, 0.2) is 11.5 Å². The van der Waals surface area contributed by atoms with Gasteiger partial charge in [-0.05, 0) is 35.4 Å². The Hall–Kier alpha value is -3.63. The number of nitrogens with one attached hydrogen (secondary N) is 1. The predicted molar refractivity (Wildman–Crippen MR) is 111 cm³/mol. The van der Waals surface area contributed by atoms with Gasteiger partial charge in [-0.2, -0.15) is 5.48 Å². The van der Waals surface area contributed by atoms with Crippen LogP contribution < -0.4 is 15.0 Å². The van der Waals surface area contributed by atoms with Gasteiger partial charge in [-0.3, -0.25) is 4.79 Å². The van der Waals surface area contributed by atoms with Gasteiger partial charge in [0.05, 0.1) is 27.1 Å². The molecule has 0 fully saturated rings. The first-order chi connectivity index (χ1) is 14.6. The molecule has 0 saturated heterocycles. The highest BCUT2D eigenvalue weighted by molar-refractivity contribution is 6.30. The first-order valence-corrected chi connectivity index (χ1v) is 9.31. The second kappa shape index (κ2) is 10.2. The number of benzene rings is 2. The Morgan fingerprint density at radius 1 is 1.13 bits per heavy atom. The molecule has 0 atom stereocenters. The normalized spacial score (nSPS) is 9.97. The Bertz CT molecular complexity index is 1070. The van der Waals surface area contributed by atoms with Gasteiger partial charge < -0.3 is 18.8 Å². The molecule has 3 aromatic rings. The number of hydrogen-bond acceptors (Lipinski definition) is 6. The standard InChI is InChI=1S/C22H19ClN2O5/c1-27-20-10-7-16(13-21(20)28-2)18-14-30-24-19(18)4-3-11-29-25-22(26)12-15-5-8-17(23)9-6-15/h5-10,13-14H,4,12H2,1-2H3,(H,25,26). The molecular formula is C22H19ClN2O5. The lowest BCUT2D eigenvalue weighted by molar-refractivity contribution is -0.128. The summed E-state index contributed by atoms with van der Waals surface area (Å²) in [5.41, 5.74) is 5.35. The largest absolute Gasteiger partial charge is 0.493 e. The van der Waals surface area contributed by atoms with E-state index in [9.17, 15) is 4.79 Å². The van der Waals surface area contributed by atoms with E-state index < -0.39 is 0 Å². The van der Waals surface area contributed by atoms with Crippen molar-refractivity contribution >= 4 is 17.5 Å². The predicted octanol–water partition coefficient (Wildman–Crippen LogP) is 3.81. The fourth-order valence-electron chi connectivity index (χ4n) is 2.69. The quantitative estimate of drug-likeness (QED) is 0.457. The van der Waals surface area contributed by atoms with E-state index in [0.717, 1.165) is 16.7 Å². The van der Waals surface area contributed by atoms with E-state index in [1.54, 1.807) is 44.6 Å². The van der Waals surface area contributed by atoms with Crippen LogP contribution in [0.1, 0.15) is 11.3 Å². The van der Waals surface area contributed by atoms with E-state index in [1.807, 2.05) is 12.1 Å². The summed E-state index contributed by atoms with van der Waals surface area (Å²) < 4.78 is 15.7. The zero-order valence-corrected chi connectivity index (χ0v) is 17.2. The number of carbonyl (C=O) groups is 1. The minimum absolute atomic E-state index is 0.158. The smallest absolute Gasteiger partial charge is 0.257 e. The van der Waals surface area contributed by atoms with Gasteiger partial charge >= 0.3 is 0 Å². The fraction of sp³-hybridized carbons (Fsp3) is 0.182. The minimum Gasteiger partial charge on any atom is -0.493 e. The number of rotatable bonds is 7. The van der Waals surface area contributed by atoms with Gasteiger partial charge in [0, 0.05) is 10.6 Å². The van der Waals surface area contributed by atoms with Crippen LogP contribution in [0.2, 0.25) is 5.02 Å². The Balaban J connectivity index is 1.55. The molecule has 1 aromatic heterocycles. The molecule has 8 heteroatoms. The highest BCUT2D eigenvalue weighted by Crippen LogP contribution is 2.33. The summed E-state index contributed by atoms with van der Waals surface area (Å²) in [6.07, 6.45) is 4.40. The SMILES string of the molecule is COc1ccc(-c2conc2CC#CONC(=O)Cc2ccc(Cl)cc2)cc1OC. The molecule has 0 bridgehead atoms. The zero-order valence-electron chi connectivity index (χ0n) is 16.4. The fourth-order valence-corrected chi connectivity index (χ4v) is 2.81. The van der Waals surface area contributed by atoms with Crippen LogP contribution in [-0.2, 0) is 22.5 Å². The van der Waals surface area contributed by atoms with Gasteiger partial charge in [0.1, 0.15) is 18.1 Å². The molecule has 7 nitrogen and oxygen atoms in total. The van der Waals surface area contributed by atoms with E-state index in [0.29, 0.717) is 22.2 Å². The molecule has 0 unspecified atom stereocenters. The summed E-state index contributed by atoms with van der Waals surface area (Å²) in [5.74, 6) is 3.70. The lowest BCUT2D eigenvalue weighted by Gasteiger charge is -2.08. The van der Waals surface area contributed by atoms with E-state index in [-0.39, 0.29) is 18.7 Å². The second-order valence-corrected chi connectivity index (χ2v) is 6.57. The zero-order chi connectivity index (χ0) is 21.3. The van der Waals surface area contributed by atoms with E-state index in [2.05, 4.69) is 22.7 Å². The third-order valence-corrected chi connectivity index (χ3v) is 4.41. The molecule has 0 aliphatic rings. The van der Waals surface area contributed by atoms with Gasteiger partial charge in [0.25, 0.3) is 5.91 Å². The summed E-state index contributed by atoms with van der Waals surface area (Å²) in [6, 6.07) is 12.5. The number of ether oxygens (including phenoxy) is 2. The van der Waals surface area contributed by atoms with E-state index >= 15 is 0 Å². The minimum atomic E-state index is -0.320. The van der Waals surface area contributed by atoms with Crippen molar-refractivity contribution in [2.75, 3.05) is 14.2 Å². The maximum Gasteiger partial charge on any atom is 0.257 e. The molecule has 2 aromatic carbocycles. The Labute approximate surface area is 178 Å². The molecule has 0 aliphatic carbocycles. The first-order valence-electron chi connectivity index (χ1n) is 8.93. The lowest BCUT2D eigenvalue weighted by atomic mass is 10.0. The number of nitrogens with zero attached hydrogens (tertiary/aromatic N) is 1. The molecule has 3 rings (SSSR count). The van der Waals surface area contributed by atoms with Crippen molar-refractivity contribution in [2.45, 2.75) is 12.8 Å². The molecule has 154 valence electrons. The second-order valence-electron chi connectivity index (χ2n) is 6.13. The topological polar surface area (TPSA) is 82.8 Å². The highest BCUT2D eigenvalue weighted by Gasteiger charge is 2.12. The highest BCUT2D eigenvalue weighted by atomic mass is 35.5. The van der Waals surface area contributed by atoms with Crippen LogP contribution in [0.3, 0.4) is 0 Å². The van der Waals surface area contributed by atoms with Crippen LogP contribution in [0.5, 0.6) is 11.5 Å². The van der Waals surface area contributed by atoms with Gasteiger partial charge in [0.2, 0.25) is 0 Å². The molecule has 1 N–H and O–H groups in total. The first kappa shape index (κ1) is 21.1. The van der Waals surface area contributed by atoms with Crippen LogP contribution in [0.15, 0.2) is 53.3 Å². The van der Waals surface area contributed by atoms with Crippen molar-refractivity contribution in [1.29, 1.82) is 0 Å². The van der Waals surface area contributed by atoms with E-state index in [4.69, 9.17) is 30.4 Å². The van der Waals surface area contributed by atoms with E-state index in [1.165, 1.54) is 6.26 Å². The number of amides is 1. The molecule has 0 radical (unpaired) electrons. The van der Waals surface area contributed by atoms with Gasteiger partial charge in [-0.15, -0.1) is 0 Å². The molecule has 1 amide bonds. The summed E-state index contributed by atoms with van der Waals surface area (Å²) >= 11 is 5.82. The third kappa shape index (κ3) is 5.46. The van der Waals surface area contributed by atoms with Crippen molar-refractivity contribution in [1.82, 2.24) is 10.6 Å².